The van der Waals surface area contributed by atoms with Crippen molar-refractivity contribution in [3.63, 3.8) is 0 Å². The maximum atomic E-state index is 11.2. The van der Waals surface area contributed by atoms with Gasteiger partial charge >= 0.3 is 17.8 Å². The molecule has 0 heterocycles. The third kappa shape index (κ3) is 5.25. The number of esters is 1. The molecular weight excluding hydrogens is 234 g/mol. The van der Waals surface area contributed by atoms with Crippen LogP contribution in [0.2, 0.25) is 0 Å². The molecule has 0 bridgehead atoms. The van der Waals surface area contributed by atoms with Gasteiger partial charge in [-0.25, -0.2) is 4.79 Å². The molecule has 0 saturated heterocycles. The molecule has 90 valence electrons. The van der Waals surface area contributed by atoms with Crippen LogP contribution in [0, 0.1) is 0 Å². The molecule has 4 N–H and O–H groups in total. The topological polar surface area (TPSA) is 111 Å². The van der Waals surface area contributed by atoms with Crippen molar-refractivity contribution in [1.29, 1.82) is 0 Å². The average molecular weight is 247 g/mol. The molecule has 0 radical (unpaired) electrons. The first-order valence-corrected chi connectivity index (χ1v) is 4.74. The molecule has 0 saturated carbocycles. The van der Waals surface area contributed by atoms with Crippen LogP contribution in [0.1, 0.15) is 6.92 Å². The van der Waals surface area contributed by atoms with Crippen molar-refractivity contribution in [3.8, 4) is 0 Å². The molecule has 2 amide bonds. The number of amides is 2. The van der Waals surface area contributed by atoms with E-state index in [1.54, 1.807) is 0 Å². The number of nitrogens with one attached hydrogen (secondary N) is 2. The number of hydrogen-bond acceptors (Lipinski definition) is 5. The van der Waals surface area contributed by atoms with E-state index in [1.807, 2.05) is 0 Å². The van der Waals surface area contributed by atoms with E-state index in [0.717, 1.165) is 0 Å². The molecule has 16 heavy (non-hydrogen) atoms. The molecule has 8 heteroatoms. The van der Waals surface area contributed by atoms with Gasteiger partial charge in [-0.3, -0.25) is 9.59 Å². The fraction of sp³-hybridized carbons (Fsp3) is 0.500. The Kier molecular flexibility index (Phi) is 6.01. The van der Waals surface area contributed by atoms with Gasteiger partial charge in [-0.05, 0) is 6.92 Å². The van der Waals surface area contributed by atoms with Gasteiger partial charge in [0.1, 0.15) is 6.04 Å². The van der Waals surface area contributed by atoms with E-state index in [0.29, 0.717) is 0 Å². The smallest absolute Gasteiger partial charge is 0.328 e. The summed E-state index contributed by atoms with van der Waals surface area (Å²) in [5.74, 6) is -2.51. The van der Waals surface area contributed by atoms with Gasteiger partial charge in [0.25, 0.3) is 0 Å². The number of rotatable bonds is 4. The summed E-state index contributed by atoms with van der Waals surface area (Å²) in [5.41, 5.74) is 5.12. The Bertz CT molecular complexity index is 318. The van der Waals surface area contributed by atoms with Gasteiger partial charge in [0.2, 0.25) is 0 Å². The van der Waals surface area contributed by atoms with Crippen molar-refractivity contribution in [1.82, 2.24) is 10.6 Å². The standard InChI is InChI=1S/C8H13N3O4S/c1-4(8(14)15-2)11-7(13)6(12)10-3-5(9)16/h4H,3H2,1-2H3,(H2,9,16)(H,10,12)(H,11,13). The van der Waals surface area contributed by atoms with E-state index in [1.165, 1.54) is 14.0 Å². The van der Waals surface area contributed by atoms with Crippen molar-refractivity contribution in [3.05, 3.63) is 0 Å². The SMILES string of the molecule is COC(=O)C(C)NC(=O)C(=O)NCC(N)=S. The Labute approximate surface area is 97.7 Å². The zero-order chi connectivity index (χ0) is 12.7. The monoisotopic (exact) mass is 247 g/mol. The molecule has 0 aromatic rings. The van der Waals surface area contributed by atoms with Crippen LogP contribution in [0.15, 0.2) is 0 Å². The van der Waals surface area contributed by atoms with Gasteiger partial charge in [0, 0.05) is 0 Å². The second-order valence-electron chi connectivity index (χ2n) is 2.87. The Morgan fingerprint density at radius 2 is 1.94 bits per heavy atom. The van der Waals surface area contributed by atoms with E-state index in [-0.39, 0.29) is 11.5 Å². The maximum Gasteiger partial charge on any atom is 0.328 e. The van der Waals surface area contributed by atoms with Crippen LogP contribution in [0.3, 0.4) is 0 Å². The highest BCUT2D eigenvalue weighted by Gasteiger charge is 2.20. The first-order valence-electron chi connectivity index (χ1n) is 4.33. The normalized spacial score (nSPS) is 11.1. The number of nitrogens with two attached hydrogens (primary N) is 1. The summed E-state index contributed by atoms with van der Waals surface area (Å²) in [4.78, 5) is 33.3. The molecule has 0 spiro atoms. The van der Waals surface area contributed by atoms with Crippen molar-refractivity contribution < 1.29 is 19.1 Å². The number of thiocarbonyl (C=S) groups is 1. The van der Waals surface area contributed by atoms with Crippen LogP contribution < -0.4 is 16.4 Å². The lowest BCUT2D eigenvalue weighted by Crippen LogP contribution is -2.48. The Morgan fingerprint density at radius 1 is 1.38 bits per heavy atom. The zero-order valence-electron chi connectivity index (χ0n) is 8.90. The van der Waals surface area contributed by atoms with Crippen LogP contribution in [-0.4, -0.2) is 42.5 Å². The van der Waals surface area contributed by atoms with Gasteiger partial charge < -0.3 is 21.1 Å². The minimum atomic E-state index is -0.950. The molecule has 1 atom stereocenters. The van der Waals surface area contributed by atoms with Gasteiger partial charge in [-0.1, -0.05) is 12.2 Å². The fourth-order valence-electron chi connectivity index (χ4n) is 0.746. The third-order valence-corrected chi connectivity index (χ3v) is 1.68. The molecule has 0 fully saturated rings. The van der Waals surface area contributed by atoms with Crippen LogP contribution in [-0.2, 0) is 19.1 Å². The summed E-state index contributed by atoms with van der Waals surface area (Å²) in [6.07, 6.45) is 0. The van der Waals surface area contributed by atoms with Crippen molar-refractivity contribution >= 4 is 35.0 Å². The van der Waals surface area contributed by atoms with Crippen LogP contribution in [0.25, 0.3) is 0 Å². The van der Waals surface area contributed by atoms with E-state index in [9.17, 15) is 14.4 Å². The van der Waals surface area contributed by atoms with Gasteiger partial charge in [-0.2, -0.15) is 0 Å². The first-order chi connectivity index (χ1) is 7.38. The Hall–Kier alpha value is -1.70. The number of ether oxygens (including phenoxy) is 1. The van der Waals surface area contributed by atoms with E-state index < -0.39 is 23.8 Å². The predicted octanol–water partition coefficient (Wildman–Crippen LogP) is -1.93. The molecule has 1 unspecified atom stereocenters. The molecule has 0 rings (SSSR count). The third-order valence-electron chi connectivity index (χ3n) is 1.53. The minimum absolute atomic E-state index is 0.0576. The molecule has 7 nitrogen and oxygen atoms in total. The highest BCUT2D eigenvalue weighted by atomic mass is 32.1. The summed E-state index contributed by atoms with van der Waals surface area (Å²) in [6.45, 7) is 1.32. The number of carbonyl (C=O) groups excluding carboxylic acids is 3. The second-order valence-corrected chi connectivity index (χ2v) is 3.39. The highest BCUT2D eigenvalue weighted by molar-refractivity contribution is 7.80. The van der Waals surface area contributed by atoms with Gasteiger partial charge in [0.15, 0.2) is 0 Å². The summed E-state index contributed by atoms with van der Waals surface area (Å²) in [7, 11) is 1.18. The number of carbonyl (C=O) groups is 3. The molecular formula is C8H13N3O4S. The lowest BCUT2D eigenvalue weighted by Gasteiger charge is -2.10. The first kappa shape index (κ1) is 14.3. The highest BCUT2D eigenvalue weighted by Crippen LogP contribution is 1.85. The Balaban J connectivity index is 4.10. The molecule has 0 aromatic carbocycles. The number of methoxy groups -OCH3 is 1. The lowest BCUT2D eigenvalue weighted by atomic mass is 10.3. The number of hydrogen-bond donors (Lipinski definition) is 3. The summed E-state index contributed by atoms with van der Waals surface area (Å²) in [5, 5.41) is 4.32. The summed E-state index contributed by atoms with van der Waals surface area (Å²) >= 11 is 4.51. The molecule has 0 aliphatic carbocycles. The molecule has 0 aliphatic heterocycles. The van der Waals surface area contributed by atoms with Crippen molar-refractivity contribution in [2.75, 3.05) is 13.7 Å². The fourth-order valence-corrected chi connectivity index (χ4v) is 0.818. The largest absolute Gasteiger partial charge is 0.467 e. The van der Waals surface area contributed by atoms with E-state index in [4.69, 9.17) is 5.73 Å². The lowest BCUT2D eigenvalue weighted by molar-refractivity contribution is -0.146. The summed E-state index contributed by atoms with van der Waals surface area (Å²) in [6, 6.07) is -0.895. The second kappa shape index (κ2) is 6.72. The predicted molar refractivity (Wildman–Crippen MR) is 59.4 cm³/mol. The van der Waals surface area contributed by atoms with Crippen LogP contribution >= 0.6 is 12.2 Å². The summed E-state index contributed by atoms with van der Waals surface area (Å²) < 4.78 is 4.36. The van der Waals surface area contributed by atoms with Gasteiger partial charge in [0.05, 0.1) is 18.6 Å². The van der Waals surface area contributed by atoms with Crippen LogP contribution in [0.5, 0.6) is 0 Å². The van der Waals surface area contributed by atoms with E-state index >= 15 is 0 Å². The zero-order valence-corrected chi connectivity index (χ0v) is 9.72. The van der Waals surface area contributed by atoms with Crippen molar-refractivity contribution in [2.45, 2.75) is 13.0 Å². The van der Waals surface area contributed by atoms with Crippen molar-refractivity contribution in [2.24, 2.45) is 5.73 Å². The van der Waals surface area contributed by atoms with Gasteiger partial charge in [-0.15, -0.1) is 0 Å². The Morgan fingerprint density at radius 3 is 2.38 bits per heavy atom. The van der Waals surface area contributed by atoms with E-state index in [2.05, 4.69) is 27.6 Å². The van der Waals surface area contributed by atoms with Crippen LogP contribution in [0.4, 0.5) is 0 Å². The molecule has 0 aliphatic rings. The maximum absolute atomic E-state index is 11.2. The minimum Gasteiger partial charge on any atom is -0.467 e. The average Bonchev–Trinajstić information content (AvgIpc) is 2.24. The molecule has 0 aromatic heterocycles. The quantitative estimate of drug-likeness (QED) is 0.303.